The molecule has 128 valence electrons. The number of nitrogens with one attached hydrogen (secondary N) is 1. The Balaban J connectivity index is 3.14. The largest absolute Gasteiger partial charge is 0.490 e. The van der Waals surface area contributed by atoms with Crippen molar-refractivity contribution >= 4 is 12.1 Å². The number of carbonyl (C=O) groups excluding carboxylic acids is 1. The van der Waals surface area contributed by atoms with Gasteiger partial charge in [-0.25, -0.2) is 5.43 Å². The molecule has 0 saturated heterocycles. The second kappa shape index (κ2) is 9.71. The maximum absolute atomic E-state index is 12.2. The van der Waals surface area contributed by atoms with Gasteiger partial charge in [0.05, 0.1) is 19.8 Å². The van der Waals surface area contributed by atoms with Gasteiger partial charge in [-0.15, -0.1) is 0 Å². The summed E-state index contributed by atoms with van der Waals surface area (Å²) in [5.41, 5.74) is 2.90. The molecule has 1 N–H and O–H groups in total. The summed E-state index contributed by atoms with van der Waals surface area (Å²) in [7, 11) is 0. The molecule has 0 heterocycles. The molecular formula is C17H26N2O4. The van der Waals surface area contributed by atoms with Crippen molar-refractivity contribution in [1.82, 2.24) is 5.43 Å². The van der Waals surface area contributed by atoms with Crippen molar-refractivity contribution in [3.05, 3.63) is 17.7 Å². The van der Waals surface area contributed by atoms with Crippen LogP contribution in [0.5, 0.6) is 17.2 Å². The van der Waals surface area contributed by atoms with E-state index in [0.717, 1.165) is 0 Å². The highest BCUT2D eigenvalue weighted by molar-refractivity contribution is 5.95. The Morgan fingerprint density at radius 2 is 1.61 bits per heavy atom. The molecule has 1 rings (SSSR count). The minimum atomic E-state index is -0.327. The highest BCUT2D eigenvalue weighted by Crippen LogP contribution is 2.39. The number of carbonyl (C=O) groups is 1. The molecule has 0 fully saturated rings. The van der Waals surface area contributed by atoms with E-state index in [-0.39, 0.29) is 11.8 Å². The number of hydrogen-bond acceptors (Lipinski definition) is 5. The van der Waals surface area contributed by atoms with E-state index in [0.29, 0.717) is 42.6 Å². The third-order valence-electron chi connectivity index (χ3n) is 2.71. The van der Waals surface area contributed by atoms with Gasteiger partial charge in [0, 0.05) is 11.8 Å². The van der Waals surface area contributed by atoms with Crippen molar-refractivity contribution in [2.45, 2.75) is 34.6 Å². The van der Waals surface area contributed by atoms with Crippen LogP contribution in [0.3, 0.4) is 0 Å². The van der Waals surface area contributed by atoms with Gasteiger partial charge >= 0.3 is 0 Å². The third-order valence-corrected chi connectivity index (χ3v) is 2.71. The van der Waals surface area contributed by atoms with E-state index >= 15 is 0 Å². The number of rotatable bonds is 9. The highest BCUT2D eigenvalue weighted by atomic mass is 16.5. The molecule has 23 heavy (non-hydrogen) atoms. The molecule has 6 nitrogen and oxygen atoms in total. The molecule has 0 unspecified atom stereocenters. The zero-order valence-electron chi connectivity index (χ0n) is 14.5. The third kappa shape index (κ3) is 5.81. The van der Waals surface area contributed by atoms with Crippen molar-refractivity contribution in [3.63, 3.8) is 0 Å². The minimum absolute atomic E-state index is 0.258. The van der Waals surface area contributed by atoms with Crippen molar-refractivity contribution in [2.75, 3.05) is 19.8 Å². The second-order valence-corrected chi connectivity index (χ2v) is 5.06. The number of benzene rings is 1. The Hall–Kier alpha value is -2.24. The fourth-order valence-corrected chi connectivity index (χ4v) is 1.83. The van der Waals surface area contributed by atoms with Gasteiger partial charge in [-0.2, -0.15) is 5.10 Å². The molecule has 0 saturated carbocycles. The van der Waals surface area contributed by atoms with Crippen LogP contribution in [-0.2, 0) is 0 Å². The fraction of sp³-hybridized carbons (Fsp3) is 0.529. The first-order valence-electron chi connectivity index (χ1n) is 7.93. The summed E-state index contributed by atoms with van der Waals surface area (Å²) in [6.07, 6.45) is 1.67. The molecule has 1 aromatic carbocycles. The molecule has 1 aromatic rings. The van der Waals surface area contributed by atoms with Crippen LogP contribution < -0.4 is 19.6 Å². The first-order valence-corrected chi connectivity index (χ1v) is 7.93. The summed E-state index contributed by atoms with van der Waals surface area (Å²) >= 11 is 0. The molecule has 0 aliphatic rings. The van der Waals surface area contributed by atoms with Gasteiger partial charge in [0.1, 0.15) is 0 Å². The maximum Gasteiger partial charge on any atom is 0.271 e. The predicted molar refractivity (Wildman–Crippen MR) is 90.7 cm³/mol. The minimum Gasteiger partial charge on any atom is -0.490 e. The van der Waals surface area contributed by atoms with Crippen molar-refractivity contribution < 1.29 is 19.0 Å². The Bertz CT molecular complexity index is 514. The lowest BCUT2D eigenvalue weighted by molar-refractivity contribution is 0.0954. The van der Waals surface area contributed by atoms with Crippen molar-refractivity contribution in [1.29, 1.82) is 0 Å². The van der Waals surface area contributed by atoms with E-state index < -0.39 is 0 Å². The van der Waals surface area contributed by atoms with Crippen molar-refractivity contribution in [2.24, 2.45) is 11.0 Å². The zero-order chi connectivity index (χ0) is 17.2. The lowest BCUT2D eigenvalue weighted by Crippen LogP contribution is -2.18. The van der Waals surface area contributed by atoms with Crippen LogP contribution >= 0.6 is 0 Å². The van der Waals surface area contributed by atoms with E-state index in [4.69, 9.17) is 14.2 Å². The summed E-state index contributed by atoms with van der Waals surface area (Å²) in [5.74, 6) is 1.41. The van der Waals surface area contributed by atoms with E-state index in [1.165, 1.54) is 0 Å². The molecule has 6 heteroatoms. The number of hydrazone groups is 1. The maximum atomic E-state index is 12.2. The molecular weight excluding hydrogens is 296 g/mol. The molecule has 0 aliphatic heterocycles. The standard InChI is InChI=1S/C17H26N2O4/c1-6-21-14-9-13(17(20)19-18-11-12(4)5)10-15(22-7-2)16(14)23-8-3/h9-12H,6-8H2,1-5H3,(H,19,20)/b18-11-. The van der Waals surface area contributed by atoms with Crippen LogP contribution in [0.1, 0.15) is 45.0 Å². The molecule has 0 aliphatic carbocycles. The van der Waals surface area contributed by atoms with Crippen molar-refractivity contribution in [3.8, 4) is 17.2 Å². The topological polar surface area (TPSA) is 69.2 Å². The summed E-state index contributed by atoms with van der Waals surface area (Å²) in [5, 5.41) is 3.92. The van der Waals surface area contributed by atoms with Crippen LogP contribution in [0.4, 0.5) is 0 Å². The van der Waals surface area contributed by atoms with Gasteiger partial charge in [0.2, 0.25) is 5.75 Å². The van der Waals surface area contributed by atoms with Crippen LogP contribution in [0.25, 0.3) is 0 Å². The normalized spacial score (nSPS) is 10.9. The van der Waals surface area contributed by atoms with Crippen LogP contribution in [0, 0.1) is 5.92 Å². The average Bonchev–Trinajstić information content (AvgIpc) is 2.50. The quantitative estimate of drug-likeness (QED) is 0.560. The first kappa shape index (κ1) is 18.8. The molecule has 0 bridgehead atoms. The van der Waals surface area contributed by atoms with Crippen LogP contribution in [0.2, 0.25) is 0 Å². The summed E-state index contributed by atoms with van der Waals surface area (Å²) in [4.78, 5) is 12.2. The number of amides is 1. The number of hydrogen-bond donors (Lipinski definition) is 1. The highest BCUT2D eigenvalue weighted by Gasteiger charge is 2.18. The summed E-state index contributed by atoms with van der Waals surface area (Å²) in [6.45, 7) is 11.0. The molecule has 1 amide bonds. The second-order valence-electron chi connectivity index (χ2n) is 5.06. The smallest absolute Gasteiger partial charge is 0.271 e. The summed E-state index contributed by atoms with van der Waals surface area (Å²) in [6, 6.07) is 3.27. The van der Waals surface area contributed by atoms with Crippen LogP contribution in [-0.4, -0.2) is 31.9 Å². The van der Waals surface area contributed by atoms with Gasteiger partial charge in [0.15, 0.2) is 11.5 Å². The molecule has 0 radical (unpaired) electrons. The van der Waals surface area contributed by atoms with E-state index in [1.807, 2.05) is 34.6 Å². The predicted octanol–water partition coefficient (Wildman–Crippen LogP) is 3.25. The van der Waals surface area contributed by atoms with Crippen LogP contribution in [0.15, 0.2) is 17.2 Å². The van der Waals surface area contributed by atoms with Gasteiger partial charge in [-0.1, -0.05) is 13.8 Å². The number of ether oxygens (including phenoxy) is 3. The Morgan fingerprint density at radius 1 is 1.09 bits per heavy atom. The Labute approximate surface area is 137 Å². The SMILES string of the molecule is CCOc1cc(C(=O)N/N=C\C(C)C)cc(OCC)c1OCC. The van der Waals surface area contributed by atoms with E-state index in [1.54, 1.807) is 18.3 Å². The average molecular weight is 322 g/mol. The van der Waals surface area contributed by atoms with Gasteiger partial charge in [-0.05, 0) is 38.8 Å². The first-order chi connectivity index (χ1) is 11.0. The van der Waals surface area contributed by atoms with E-state index in [9.17, 15) is 4.79 Å². The lowest BCUT2D eigenvalue weighted by Gasteiger charge is -2.16. The number of nitrogens with zero attached hydrogens (tertiary/aromatic N) is 1. The zero-order valence-corrected chi connectivity index (χ0v) is 14.5. The molecule has 0 spiro atoms. The molecule has 0 atom stereocenters. The lowest BCUT2D eigenvalue weighted by atomic mass is 10.1. The monoisotopic (exact) mass is 322 g/mol. The van der Waals surface area contributed by atoms with Gasteiger partial charge < -0.3 is 14.2 Å². The Morgan fingerprint density at radius 3 is 2.04 bits per heavy atom. The Kier molecular flexibility index (Phi) is 7.94. The summed E-state index contributed by atoms with van der Waals surface area (Å²) < 4.78 is 16.8. The van der Waals surface area contributed by atoms with Gasteiger partial charge in [0.25, 0.3) is 5.91 Å². The van der Waals surface area contributed by atoms with E-state index in [2.05, 4.69) is 10.5 Å². The molecule has 0 aromatic heterocycles. The fourth-order valence-electron chi connectivity index (χ4n) is 1.83. The van der Waals surface area contributed by atoms with Gasteiger partial charge in [-0.3, -0.25) is 4.79 Å².